The monoisotopic (exact) mass is 271 g/mol. The molecule has 110 valence electrons. The van der Waals surface area contributed by atoms with Crippen LogP contribution in [0.3, 0.4) is 0 Å². The van der Waals surface area contributed by atoms with Crippen LogP contribution in [0.1, 0.15) is 33.1 Å². The molecule has 1 rings (SSSR count). The van der Waals surface area contributed by atoms with Crippen molar-refractivity contribution in [3.63, 3.8) is 0 Å². The quantitative estimate of drug-likeness (QED) is 0.691. The molecule has 19 heavy (non-hydrogen) atoms. The van der Waals surface area contributed by atoms with E-state index in [4.69, 9.17) is 10.8 Å². The van der Waals surface area contributed by atoms with Crippen LogP contribution >= 0.6 is 0 Å². The number of piperidine rings is 1. The number of carboxylic acids is 1. The van der Waals surface area contributed by atoms with Gasteiger partial charge < -0.3 is 21.1 Å². The van der Waals surface area contributed by atoms with Gasteiger partial charge >= 0.3 is 12.0 Å². The van der Waals surface area contributed by atoms with Gasteiger partial charge in [0.25, 0.3) is 0 Å². The molecule has 1 saturated heterocycles. The van der Waals surface area contributed by atoms with Crippen LogP contribution in [-0.4, -0.2) is 47.7 Å². The predicted octanol–water partition coefficient (Wildman–Crippen LogP) is 0.866. The van der Waals surface area contributed by atoms with E-state index in [0.29, 0.717) is 25.4 Å². The average molecular weight is 271 g/mol. The van der Waals surface area contributed by atoms with Gasteiger partial charge in [0.1, 0.15) is 0 Å². The lowest BCUT2D eigenvalue weighted by Crippen LogP contribution is -2.50. The molecule has 1 fully saturated rings. The van der Waals surface area contributed by atoms with Crippen molar-refractivity contribution in [3.8, 4) is 0 Å². The molecular formula is C13H25N3O3. The highest BCUT2D eigenvalue weighted by Crippen LogP contribution is 2.12. The topological polar surface area (TPSA) is 95.7 Å². The Bertz CT molecular complexity index is 320. The number of hydrogen-bond acceptors (Lipinski definition) is 3. The molecule has 0 aromatic rings. The zero-order valence-electron chi connectivity index (χ0n) is 11.8. The maximum absolute atomic E-state index is 11.9. The highest BCUT2D eigenvalue weighted by atomic mass is 16.4. The summed E-state index contributed by atoms with van der Waals surface area (Å²) in [6, 6.07) is -0.171. The van der Waals surface area contributed by atoms with E-state index in [2.05, 4.69) is 5.32 Å². The van der Waals surface area contributed by atoms with Gasteiger partial charge in [-0.25, -0.2) is 4.79 Å². The van der Waals surface area contributed by atoms with Gasteiger partial charge in [-0.2, -0.15) is 0 Å². The van der Waals surface area contributed by atoms with Crippen LogP contribution in [0.2, 0.25) is 0 Å². The van der Waals surface area contributed by atoms with Gasteiger partial charge in [-0.15, -0.1) is 0 Å². The molecule has 4 N–H and O–H groups in total. The number of carbonyl (C=O) groups is 2. The summed E-state index contributed by atoms with van der Waals surface area (Å²) in [4.78, 5) is 24.7. The Kier molecular flexibility index (Phi) is 6.08. The smallest absolute Gasteiger partial charge is 0.317 e. The molecule has 1 aliphatic heterocycles. The molecule has 0 aromatic carbocycles. The minimum Gasteiger partial charge on any atom is -0.481 e. The van der Waals surface area contributed by atoms with Crippen molar-refractivity contribution in [2.75, 3.05) is 19.6 Å². The minimum absolute atomic E-state index is 0.0328. The number of nitrogens with two attached hydrogens (primary N) is 1. The number of nitrogens with zero attached hydrogens (tertiary/aromatic N) is 1. The fourth-order valence-corrected chi connectivity index (χ4v) is 2.36. The summed E-state index contributed by atoms with van der Waals surface area (Å²) in [7, 11) is 0. The first-order valence-electron chi connectivity index (χ1n) is 6.91. The lowest BCUT2D eigenvalue weighted by atomic mass is 9.97. The van der Waals surface area contributed by atoms with Crippen molar-refractivity contribution in [1.82, 2.24) is 10.2 Å². The summed E-state index contributed by atoms with van der Waals surface area (Å²) >= 11 is 0. The fraction of sp³-hybridized carbons (Fsp3) is 0.846. The van der Waals surface area contributed by atoms with Crippen LogP contribution in [0.5, 0.6) is 0 Å². The minimum atomic E-state index is -0.857. The molecule has 0 saturated carbocycles. The molecule has 0 aliphatic carbocycles. The number of likely N-dealkylation sites (tertiary alicyclic amines) is 1. The Morgan fingerprint density at radius 2 is 2.16 bits per heavy atom. The first kappa shape index (κ1) is 15.8. The number of hydrogen-bond donors (Lipinski definition) is 3. The van der Waals surface area contributed by atoms with E-state index < -0.39 is 11.9 Å². The summed E-state index contributed by atoms with van der Waals surface area (Å²) in [5.74, 6) is -1.09. The predicted molar refractivity (Wildman–Crippen MR) is 72.8 cm³/mol. The molecule has 2 unspecified atom stereocenters. The second-order valence-electron chi connectivity index (χ2n) is 5.70. The number of carboxylic acid groups (broad SMARTS) is 1. The molecule has 1 aliphatic rings. The third-order valence-corrected chi connectivity index (χ3v) is 3.35. The van der Waals surface area contributed by atoms with E-state index in [-0.39, 0.29) is 18.6 Å². The van der Waals surface area contributed by atoms with Crippen LogP contribution in [0, 0.1) is 11.8 Å². The van der Waals surface area contributed by atoms with Gasteiger partial charge in [0.15, 0.2) is 0 Å². The third-order valence-electron chi connectivity index (χ3n) is 3.35. The third kappa shape index (κ3) is 5.46. The SMILES string of the molecule is CC(C)CC(CNC(=O)N1CCCC(N)C1)C(=O)O. The number of nitrogens with one attached hydrogen (secondary N) is 1. The van der Waals surface area contributed by atoms with E-state index in [1.54, 1.807) is 4.90 Å². The van der Waals surface area contributed by atoms with Crippen LogP contribution in [0.25, 0.3) is 0 Å². The number of urea groups is 1. The highest BCUT2D eigenvalue weighted by molar-refractivity contribution is 5.76. The van der Waals surface area contributed by atoms with Crippen molar-refractivity contribution < 1.29 is 14.7 Å². The number of carbonyl (C=O) groups excluding carboxylic acids is 1. The van der Waals surface area contributed by atoms with Crippen molar-refractivity contribution in [2.24, 2.45) is 17.6 Å². The molecule has 0 bridgehead atoms. The van der Waals surface area contributed by atoms with Crippen LogP contribution in [0.15, 0.2) is 0 Å². The van der Waals surface area contributed by atoms with Crippen molar-refractivity contribution >= 4 is 12.0 Å². The van der Waals surface area contributed by atoms with Crippen LogP contribution in [0.4, 0.5) is 4.79 Å². The molecular weight excluding hydrogens is 246 g/mol. The maximum Gasteiger partial charge on any atom is 0.317 e. The number of rotatable bonds is 5. The molecule has 2 amide bonds. The molecule has 0 aromatic heterocycles. The summed E-state index contributed by atoms with van der Waals surface area (Å²) in [5, 5.41) is 11.8. The lowest BCUT2D eigenvalue weighted by Gasteiger charge is -2.31. The number of amides is 2. The molecule has 6 nitrogen and oxygen atoms in total. The van der Waals surface area contributed by atoms with E-state index >= 15 is 0 Å². The second-order valence-corrected chi connectivity index (χ2v) is 5.70. The van der Waals surface area contributed by atoms with E-state index in [9.17, 15) is 9.59 Å². The molecule has 0 radical (unpaired) electrons. The second kappa shape index (κ2) is 7.33. The Hall–Kier alpha value is -1.30. The standard InChI is InChI=1S/C13H25N3O3/c1-9(2)6-10(12(17)18)7-15-13(19)16-5-3-4-11(14)8-16/h9-11H,3-8,14H2,1-2H3,(H,15,19)(H,17,18). The first-order chi connectivity index (χ1) is 8.90. The van der Waals surface area contributed by atoms with E-state index in [1.807, 2.05) is 13.8 Å². The summed E-state index contributed by atoms with van der Waals surface area (Å²) in [5.41, 5.74) is 5.82. The van der Waals surface area contributed by atoms with Gasteiger partial charge in [0.2, 0.25) is 0 Å². The Morgan fingerprint density at radius 1 is 1.47 bits per heavy atom. The highest BCUT2D eigenvalue weighted by Gasteiger charge is 2.24. The Morgan fingerprint density at radius 3 is 2.68 bits per heavy atom. The van der Waals surface area contributed by atoms with Crippen molar-refractivity contribution in [2.45, 2.75) is 39.2 Å². The normalized spacial score (nSPS) is 21.3. The van der Waals surface area contributed by atoms with Gasteiger partial charge in [0.05, 0.1) is 5.92 Å². The molecule has 0 spiro atoms. The van der Waals surface area contributed by atoms with Gasteiger partial charge in [-0.1, -0.05) is 13.8 Å². The lowest BCUT2D eigenvalue weighted by molar-refractivity contribution is -0.142. The van der Waals surface area contributed by atoms with Gasteiger partial charge in [-0.3, -0.25) is 4.79 Å². The van der Waals surface area contributed by atoms with E-state index in [1.165, 1.54) is 0 Å². The Balaban J connectivity index is 2.40. The van der Waals surface area contributed by atoms with Gasteiger partial charge in [-0.05, 0) is 25.2 Å². The largest absolute Gasteiger partial charge is 0.481 e. The zero-order chi connectivity index (χ0) is 14.4. The van der Waals surface area contributed by atoms with E-state index in [0.717, 1.165) is 12.8 Å². The maximum atomic E-state index is 11.9. The molecule has 6 heteroatoms. The fourth-order valence-electron chi connectivity index (χ4n) is 2.36. The number of aliphatic carboxylic acids is 1. The van der Waals surface area contributed by atoms with Crippen molar-refractivity contribution in [3.05, 3.63) is 0 Å². The zero-order valence-corrected chi connectivity index (χ0v) is 11.8. The van der Waals surface area contributed by atoms with Crippen LogP contribution in [-0.2, 0) is 4.79 Å². The molecule has 2 atom stereocenters. The van der Waals surface area contributed by atoms with Crippen LogP contribution < -0.4 is 11.1 Å². The molecule has 1 heterocycles. The summed E-state index contributed by atoms with van der Waals surface area (Å²) < 4.78 is 0. The summed E-state index contributed by atoms with van der Waals surface area (Å²) in [6.45, 7) is 5.37. The van der Waals surface area contributed by atoms with Gasteiger partial charge in [0, 0.05) is 25.7 Å². The average Bonchev–Trinajstić information content (AvgIpc) is 2.33. The first-order valence-corrected chi connectivity index (χ1v) is 6.91. The van der Waals surface area contributed by atoms with Crippen molar-refractivity contribution in [1.29, 1.82) is 0 Å². The summed E-state index contributed by atoms with van der Waals surface area (Å²) in [6.07, 6.45) is 2.41. The Labute approximate surface area is 114 Å².